The molecule has 1 heterocycles. The molecule has 0 bridgehead atoms. The zero-order valence-electron chi connectivity index (χ0n) is 10.3. The molecule has 0 fully saturated rings. The fraction of sp³-hybridized carbons (Fsp3) is 0.167. The molecule has 98 valence electrons. The van der Waals surface area contributed by atoms with Gasteiger partial charge in [0.25, 0.3) is 0 Å². The molecule has 6 nitrogen and oxygen atoms in total. The Labute approximate surface area is 114 Å². The summed E-state index contributed by atoms with van der Waals surface area (Å²) in [4.78, 5) is 17.9. The summed E-state index contributed by atoms with van der Waals surface area (Å²) < 4.78 is 0. The molecule has 0 unspecified atom stereocenters. The van der Waals surface area contributed by atoms with Crippen LogP contribution in [0.2, 0.25) is 5.15 Å². The highest BCUT2D eigenvalue weighted by Gasteiger charge is 2.21. The Balaban J connectivity index is 2.44. The third kappa shape index (κ3) is 2.79. The predicted octanol–water partition coefficient (Wildman–Crippen LogP) is 3.40. The van der Waals surface area contributed by atoms with Crippen molar-refractivity contribution in [2.24, 2.45) is 0 Å². The van der Waals surface area contributed by atoms with Gasteiger partial charge in [-0.25, -0.2) is 9.97 Å². The van der Waals surface area contributed by atoms with Crippen molar-refractivity contribution in [3.8, 4) is 0 Å². The van der Waals surface area contributed by atoms with Crippen molar-refractivity contribution in [3.63, 3.8) is 0 Å². The number of nitrogens with zero attached hydrogens (tertiary/aromatic N) is 3. The summed E-state index contributed by atoms with van der Waals surface area (Å²) in [6, 6.07) is 5.71. The van der Waals surface area contributed by atoms with Gasteiger partial charge in [-0.15, -0.1) is 0 Å². The average molecular weight is 279 g/mol. The number of hydrogen-bond donors (Lipinski definition) is 1. The van der Waals surface area contributed by atoms with Crippen molar-refractivity contribution >= 4 is 28.8 Å². The molecule has 0 aliphatic heterocycles. The van der Waals surface area contributed by atoms with E-state index >= 15 is 0 Å². The lowest BCUT2D eigenvalue weighted by Gasteiger charge is -2.09. The van der Waals surface area contributed by atoms with Crippen LogP contribution in [0.15, 0.2) is 24.5 Å². The third-order valence-electron chi connectivity index (χ3n) is 2.60. The molecule has 0 spiro atoms. The highest BCUT2D eigenvalue weighted by atomic mass is 35.5. The second-order valence-corrected chi connectivity index (χ2v) is 4.42. The summed E-state index contributed by atoms with van der Waals surface area (Å²) in [7, 11) is 0. The first-order chi connectivity index (χ1) is 8.99. The van der Waals surface area contributed by atoms with Crippen molar-refractivity contribution in [1.29, 1.82) is 0 Å². The van der Waals surface area contributed by atoms with Gasteiger partial charge >= 0.3 is 5.69 Å². The van der Waals surface area contributed by atoms with E-state index in [4.69, 9.17) is 11.6 Å². The standard InChI is InChI=1S/C12H11ClN4O2/c1-7-3-4-9(8(2)5-7)16-12-10(17(18)19)11(13)14-6-15-12/h3-6H,1-2H3,(H,14,15,16). The molecule has 2 rings (SSSR count). The molecule has 19 heavy (non-hydrogen) atoms. The minimum absolute atomic E-state index is 0.0805. The fourth-order valence-corrected chi connectivity index (χ4v) is 1.89. The minimum atomic E-state index is -0.603. The molecule has 0 saturated heterocycles. The van der Waals surface area contributed by atoms with Gasteiger partial charge in [-0.2, -0.15) is 0 Å². The maximum Gasteiger partial charge on any atom is 0.348 e. The molecule has 0 radical (unpaired) electrons. The monoisotopic (exact) mass is 278 g/mol. The van der Waals surface area contributed by atoms with Crippen LogP contribution < -0.4 is 5.32 Å². The number of rotatable bonds is 3. The normalized spacial score (nSPS) is 10.3. The van der Waals surface area contributed by atoms with Crippen LogP contribution in [0.5, 0.6) is 0 Å². The molecule has 0 amide bonds. The molecule has 7 heteroatoms. The zero-order valence-corrected chi connectivity index (χ0v) is 11.1. The lowest BCUT2D eigenvalue weighted by Crippen LogP contribution is -2.02. The Bertz CT molecular complexity index is 646. The Kier molecular flexibility index (Phi) is 3.62. The van der Waals surface area contributed by atoms with Crippen LogP contribution in [0.3, 0.4) is 0 Å². The van der Waals surface area contributed by atoms with Crippen LogP contribution in [0.25, 0.3) is 0 Å². The topological polar surface area (TPSA) is 81.0 Å². The first kappa shape index (κ1) is 13.2. The maximum absolute atomic E-state index is 11.0. The van der Waals surface area contributed by atoms with Crippen molar-refractivity contribution in [2.75, 3.05) is 5.32 Å². The quantitative estimate of drug-likeness (QED) is 0.529. The first-order valence-electron chi connectivity index (χ1n) is 5.48. The van der Waals surface area contributed by atoms with Crippen molar-refractivity contribution in [1.82, 2.24) is 9.97 Å². The number of aryl methyl sites for hydroxylation is 2. The van der Waals surface area contributed by atoms with E-state index in [9.17, 15) is 10.1 Å². The SMILES string of the molecule is Cc1ccc(Nc2ncnc(Cl)c2[N+](=O)[O-])c(C)c1. The summed E-state index contributed by atoms with van der Waals surface area (Å²) in [6.45, 7) is 3.88. The van der Waals surface area contributed by atoms with Gasteiger partial charge in [-0.05, 0) is 25.5 Å². The van der Waals surface area contributed by atoms with E-state index in [0.29, 0.717) is 0 Å². The number of aromatic nitrogens is 2. The van der Waals surface area contributed by atoms with Crippen LogP contribution in [0.4, 0.5) is 17.2 Å². The molecular formula is C12H11ClN4O2. The second kappa shape index (κ2) is 5.19. The molecule has 2 aromatic rings. The van der Waals surface area contributed by atoms with Crippen molar-refractivity contribution < 1.29 is 4.92 Å². The summed E-state index contributed by atoms with van der Waals surface area (Å²) in [5.41, 5.74) is 2.48. The molecule has 1 aromatic heterocycles. The lowest BCUT2D eigenvalue weighted by atomic mass is 10.1. The average Bonchev–Trinajstić information content (AvgIpc) is 2.32. The Morgan fingerprint density at radius 3 is 2.68 bits per heavy atom. The Hall–Kier alpha value is -2.21. The van der Waals surface area contributed by atoms with E-state index in [-0.39, 0.29) is 16.7 Å². The summed E-state index contributed by atoms with van der Waals surface area (Å²) in [6.07, 6.45) is 1.18. The lowest BCUT2D eigenvalue weighted by molar-refractivity contribution is -0.384. The van der Waals surface area contributed by atoms with Crippen LogP contribution in [0, 0.1) is 24.0 Å². The van der Waals surface area contributed by atoms with E-state index in [1.165, 1.54) is 6.33 Å². The van der Waals surface area contributed by atoms with Gasteiger partial charge < -0.3 is 5.32 Å². The zero-order chi connectivity index (χ0) is 14.0. The highest BCUT2D eigenvalue weighted by molar-refractivity contribution is 6.31. The van der Waals surface area contributed by atoms with Gasteiger partial charge in [0.05, 0.1) is 4.92 Å². The van der Waals surface area contributed by atoms with Crippen molar-refractivity contribution in [2.45, 2.75) is 13.8 Å². The second-order valence-electron chi connectivity index (χ2n) is 4.06. The largest absolute Gasteiger partial charge is 0.348 e. The number of nitro groups is 1. The minimum Gasteiger partial charge on any atom is -0.334 e. The van der Waals surface area contributed by atoms with Crippen LogP contribution in [0.1, 0.15) is 11.1 Å². The highest BCUT2D eigenvalue weighted by Crippen LogP contribution is 2.31. The summed E-state index contributed by atoms with van der Waals surface area (Å²) in [5, 5.41) is 13.7. The Morgan fingerprint density at radius 1 is 1.32 bits per heavy atom. The smallest absolute Gasteiger partial charge is 0.334 e. The van der Waals surface area contributed by atoms with E-state index < -0.39 is 4.92 Å². The molecule has 0 aliphatic carbocycles. The summed E-state index contributed by atoms with van der Waals surface area (Å²) in [5.74, 6) is 0.0805. The van der Waals surface area contributed by atoms with Gasteiger partial charge in [0.1, 0.15) is 6.33 Å². The van der Waals surface area contributed by atoms with E-state index in [1.54, 1.807) is 0 Å². The molecule has 1 N–H and O–H groups in total. The molecule has 0 aliphatic rings. The molecule has 0 atom stereocenters. The van der Waals surface area contributed by atoms with Gasteiger partial charge in [-0.3, -0.25) is 10.1 Å². The van der Waals surface area contributed by atoms with E-state index in [0.717, 1.165) is 16.8 Å². The number of benzene rings is 1. The van der Waals surface area contributed by atoms with Gasteiger partial charge in [0.15, 0.2) is 0 Å². The van der Waals surface area contributed by atoms with Gasteiger partial charge in [-0.1, -0.05) is 29.3 Å². The molecule has 1 aromatic carbocycles. The number of nitrogens with one attached hydrogen (secondary N) is 1. The number of anilines is 2. The van der Waals surface area contributed by atoms with Crippen molar-refractivity contribution in [3.05, 3.63) is 50.9 Å². The van der Waals surface area contributed by atoms with Gasteiger partial charge in [0.2, 0.25) is 11.0 Å². The molecule has 0 saturated carbocycles. The maximum atomic E-state index is 11.0. The number of halogens is 1. The van der Waals surface area contributed by atoms with Crippen LogP contribution in [-0.2, 0) is 0 Å². The third-order valence-corrected chi connectivity index (χ3v) is 2.87. The van der Waals surface area contributed by atoms with Crippen LogP contribution in [-0.4, -0.2) is 14.9 Å². The predicted molar refractivity (Wildman–Crippen MR) is 72.9 cm³/mol. The number of hydrogen-bond acceptors (Lipinski definition) is 5. The summed E-state index contributed by atoms with van der Waals surface area (Å²) >= 11 is 5.72. The van der Waals surface area contributed by atoms with E-state index in [1.807, 2.05) is 32.0 Å². The first-order valence-corrected chi connectivity index (χ1v) is 5.86. The van der Waals surface area contributed by atoms with E-state index in [2.05, 4.69) is 15.3 Å². The Morgan fingerprint density at radius 2 is 2.05 bits per heavy atom. The van der Waals surface area contributed by atoms with Gasteiger partial charge in [0, 0.05) is 5.69 Å². The fourth-order valence-electron chi connectivity index (χ4n) is 1.69. The molecular weight excluding hydrogens is 268 g/mol. The van der Waals surface area contributed by atoms with Crippen LogP contribution >= 0.6 is 11.6 Å².